The van der Waals surface area contributed by atoms with Crippen LogP contribution in [0.25, 0.3) is 0 Å². The Morgan fingerprint density at radius 1 is 1.44 bits per heavy atom. The smallest absolute Gasteiger partial charge is 0.139 e. The van der Waals surface area contributed by atoms with Crippen LogP contribution in [0, 0.1) is 5.82 Å². The van der Waals surface area contributed by atoms with Gasteiger partial charge in [0, 0.05) is 31.7 Å². The fourth-order valence-electron chi connectivity index (χ4n) is 2.51. The van der Waals surface area contributed by atoms with Gasteiger partial charge in [0.2, 0.25) is 0 Å². The molecule has 0 aromatic heterocycles. The van der Waals surface area contributed by atoms with E-state index in [0.29, 0.717) is 16.2 Å². The van der Waals surface area contributed by atoms with Gasteiger partial charge in [-0.3, -0.25) is 4.90 Å². The van der Waals surface area contributed by atoms with Crippen molar-refractivity contribution >= 4 is 27.3 Å². The lowest BCUT2D eigenvalue weighted by Gasteiger charge is -2.41. The average molecular weight is 316 g/mol. The first kappa shape index (κ1) is 13.6. The fourth-order valence-corrected chi connectivity index (χ4v) is 2.84. The van der Waals surface area contributed by atoms with Gasteiger partial charge in [0.25, 0.3) is 0 Å². The number of likely N-dealkylation sites (N-methyl/N-ethyl adjacent to an activating group) is 1. The molecule has 1 aromatic carbocycles. The van der Waals surface area contributed by atoms with Gasteiger partial charge in [-0.15, -0.1) is 0 Å². The minimum Gasteiger partial charge on any atom is -0.397 e. The molecule has 0 saturated carbocycles. The Hall–Kier alpha value is -0.810. The molecule has 0 spiro atoms. The molecule has 1 aliphatic heterocycles. The lowest BCUT2D eigenvalue weighted by molar-refractivity contribution is 0.199. The highest BCUT2D eigenvalue weighted by molar-refractivity contribution is 9.10. The van der Waals surface area contributed by atoms with Crippen LogP contribution in [-0.2, 0) is 0 Å². The molecular weight excluding hydrogens is 297 g/mol. The third-order valence-corrected chi connectivity index (χ3v) is 4.19. The van der Waals surface area contributed by atoms with E-state index in [2.05, 4.69) is 39.6 Å². The monoisotopic (exact) mass is 315 g/mol. The Kier molecular flexibility index (Phi) is 4.12. The Labute approximate surface area is 116 Å². The van der Waals surface area contributed by atoms with Gasteiger partial charge in [-0.05, 0) is 35.5 Å². The van der Waals surface area contributed by atoms with E-state index in [1.165, 1.54) is 6.07 Å². The molecule has 5 heteroatoms. The van der Waals surface area contributed by atoms with Crippen molar-refractivity contribution in [1.82, 2.24) is 4.90 Å². The number of nitrogen functional groups attached to an aromatic ring is 1. The zero-order valence-corrected chi connectivity index (χ0v) is 12.4. The van der Waals surface area contributed by atoms with Crippen molar-refractivity contribution < 1.29 is 4.39 Å². The minimum absolute atomic E-state index is 0.309. The molecule has 2 rings (SSSR count). The molecule has 1 saturated heterocycles. The number of hydrogen-bond donors (Lipinski definition) is 1. The van der Waals surface area contributed by atoms with Gasteiger partial charge in [-0.25, -0.2) is 4.39 Å². The summed E-state index contributed by atoms with van der Waals surface area (Å²) in [5.41, 5.74) is 7.35. The van der Waals surface area contributed by atoms with Crippen LogP contribution in [0.3, 0.4) is 0 Å². The highest BCUT2D eigenvalue weighted by Crippen LogP contribution is 2.31. The number of benzene rings is 1. The van der Waals surface area contributed by atoms with Gasteiger partial charge in [-0.2, -0.15) is 0 Å². The molecule has 100 valence electrons. The summed E-state index contributed by atoms with van der Waals surface area (Å²) in [6.07, 6.45) is 0. The third-order valence-electron chi connectivity index (χ3n) is 3.58. The molecule has 18 heavy (non-hydrogen) atoms. The molecule has 1 aliphatic rings. The molecule has 0 bridgehead atoms. The maximum absolute atomic E-state index is 13.4. The summed E-state index contributed by atoms with van der Waals surface area (Å²) in [5, 5.41) is 0. The van der Waals surface area contributed by atoms with Crippen molar-refractivity contribution in [2.45, 2.75) is 19.9 Å². The first-order valence-electron chi connectivity index (χ1n) is 6.26. The van der Waals surface area contributed by atoms with Gasteiger partial charge in [-0.1, -0.05) is 6.92 Å². The highest BCUT2D eigenvalue weighted by Gasteiger charge is 2.24. The van der Waals surface area contributed by atoms with Crippen molar-refractivity contribution in [2.75, 3.05) is 36.8 Å². The maximum atomic E-state index is 13.4. The second-order valence-electron chi connectivity index (χ2n) is 4.75. The van der Waals surface area contributed by atoms with Crippen molar-refractivity contribution in [3.05, 3.63) is 22.4 Å². The minimum atomic E-state index is -0.309. The zero-order valence-electron chi connectivity index (χ0n) is 10.8. The molecule has 1 fully saturated rings. The largest absolute Gasteiger partial charge is 0.397 e. The number of rotatable bonds is 2. The summed E-state index contributed by atoms with van der Waals surface area (Å²) in [7, 11) is 0. The van der Waals surface area contributed by atoms with Crippen molar-refractivity contribution in [3.63, 3.8) is 0 Å². The standard InChI is InChI=1S/C13H19BrFN3/c1-3-17-4-5-18(8-9(17)2)13-6-10(14)11(15)7-12(13)16/h6-7,9H,3-5,8,16H2,1-2H3. The number of anilines is 2. The second-order valence-corrected chi connectivity index (χ2v) is 5.60. The van der Waals surface area contributed by atoms with Crippen LogP contribution < -0.4 is 10.6 Å². The molecule has 1 unspecified atom stereocenters. The molecule has 1 aromatic rings. The molecule has 0 aliphatic carbocycles. The van der Waals surface area contributed by atoms with Crippen LogP contribution >= 0.6 is 15.9 Å². The van der Waals surface area contributed by atoms with E-state index >= 15 is 0 Å². The van der Waals surface area contributed by atoms with Gasteiger partial charge in [0.1, 0.15) is 5.82 Å². The summed E-state index contributed by atoms with van der Waals surface area (Å²) in [6.45, 7) is 8.33. The molecular formula is C13H19BrFN3. The highest BCUT2D eigenvalue weighted by atomic mass is 79.9. The van der Waals surface area contributed by atoms with Crippen molar-refractivity contribution in [2.24, 2.45) is 0 Å². The predicted octanol–water partition coefficient (Wildman–Crippen LogP) is 2.70. The number of halogens is 2. The van der Waals surface area contributed by atoms with Crippen LogP contribution in [-0.4, -0.2) is 37.1 Å². The fraction of sp³-hybridized carbons (Fsp3) is 0.538. The lowest BCUT2D eigenvalue weighted by atomic mass is 10.1. The quantitative estimate of drug-likeness (QED) is 0.852. The van der Waals surface area contributed by atoms with E-state index < -0.39 is 0 Å². The number of nitrogens with two attached hydrogens (primary N) is 1. The van der Waals surface area contributed by atoms with E-state index in [4.69, 9.17) is 5.73 Å². The summed E-state index contributed by atoms with van der Waals surface area (Å²) >= 11 is 3.22. The third kappa shape index (κ3) is 2.62. The second kappa shape index (κ2) is 5.45. The Bertz CT molecular complexity index is 438. The lowest BCUT2D eigenvalue weighted by Crippen LogP contribution is -2.51. The van der Waals surface area contributed by atoms with Gasteiger partial charge in [0.05, 0.1) is 15.8 Å². The number of nitrogens with zero attached hydrogens (tertiary/aromatic N) is 2. The predicted molar refractivity (Wildman–Crippen MR) is 77.4 cm³/mol. The molecule has 1 heterocycles. The van der Waals surface area contributed by atoms with Gasteiger partial charge in [0.15, 0.2) is 0 Å². The molecule has 1 atom stereocenters. The van der Waals surface area contributed by atoms with Crippen LogP contribution in [0.5, 0.6) is 0 Å². The van der Waals surface area contributed by atoms with E-state index in [-0.39, 0.29) is 5.82 Å². The normalized spacial score (nSPS) is 21.3. The van der Waals surface area contributed by atoms with Crippen LogP contribution in [0.4, 0.5) is 15.8 Å². The summed E-state index contributed by atoms with van der Waals surface area (Å²) in [5.74, 6) is -0.309. The summed E-state index contributed by atoms with van der Waals surface area (Å²) in [6, 6.07) is 3.65. The van der Waals surface area contributed by atoms with Crippen LogP contribution in [0.15, 0.2) is 16.6 Å². The Morgan fingerprint density at radius 2 is 2.17 bits per heavy atom. The first-order valence-corrected chi connectivity index (χ1v) is 7.05. The van der Waals surface area contributed by atoms with Gasteiger partial charge < -0.3 is 10.6 Å². The number of hydrogen-bond acceptors (Lipinski definition) is 3. The zero-order chi connectivity index (χ0) is 13.3. The summed E-state index contributed by atoms with van der Waals surface area (Å²) < 4.78 is 13.8. The molecule has 0 amide bonds. The molecule has 3 nitrogen and oxygen atoms in total. The Balaban J connectivity index is 2.20. The van der Waals surface area contributed by atoms with Crippen molar-refractivity contribution in [1.29, 1.82) is 0 Å². The van der Waals surface area contributed by atoms with E-state index in [0.717, 1.165) is 31.9 Å². The SMILES string of the molecule is CCN1CCN(c2cc(Br)c(F)cc2N)CC1C. The number of piperazine rings is 1. The van der Waals surface area contributed by atoms with E-state index in [1.54, 1.807) is 6.07 Å². The average Bonchev–Trinajstić information content (AvgIpc) is 2.33. The van der Waals surface area contributed by atoms with Crippen molar-refractivity contribution in [3.8, 4) is 0 Å². The molecule has 2 N–H and O–H groups in total. The van der Waals surface area contributed by atoms with Gasteiger partial charge >= 0.3 is 0 Å². The van der Waals surface area contributed by atoms with E-state index in [9.17, 15) is 4.39 Å². The Morgan fingerprint density at radius 3 is 2.78 bits per heavy atom. The topological polar surface area (TPSA) is 32.5 Å². The maximum Gasteiger partial charge on any atom is 0.139 e. The first-order chi connectivity index (χ1) is 8.52. The van der Waals surface area contributed by atoms with E-state index in [1.807, 2.05) is 0 Å². The summed E-state index contributed by atoms with van der Waals surface area (Å²) in [4.78, 5) is 4.67. The molecule has 0 radical (unpaired) electrons. The van der Waals surface area contributed by atoms with Crippen LogP contribution in [0.1, 0.15) is 13.8 Å². The van der Waals surface area contributed by atoms with Crippen LogP contribution in [0.2, 0.25) is 0 Å².